The van der Waals surface area contributed by atoms with Gasteiger partial charge in [-0.1, -0.05) is 11.8 Å². The fourth-order valence-electron chi connectivity index (χ4n) is 0.601. The molecule has 0 radical (unpaired) electrons. The van der Waals surface area contributed by atoms with E-state index in [-0.39, 0.29) is 5.75 Å². The average Bonchev–Trinajstić information content (AvgIpc) is 2.48. The van der Waals surface area contributed by atoms with Crippen LogP contribution >= 0.6 is 23.3 Å². The number of hydrogen-bond donors (Lipinski definition) is 2. The monoisotopic (exact) mass is 234 g/mol. The molecule has 0 spiro atoms. The Kier molecular flexibility index (Phi) is 3.46. The highest BCUT2D eigenvalue weighted by molar-refractivity contribution is 8.01. The van der Waals surface area contributed by atoms with Gasteiger partial charge in [0.2, 0.25) is 0 Å². The molecule has 1 atom stereocenters. The van der Waals surface area contributed by atoms with Gasteiger partial charge in [0.15, 0.2) is 9.94 Å². The van der Waals surface area contributed by atoms with Gasteiger partial charge in [-0.05, 0) is 25.4 Å². The second kappa shape index (κ2) is 4.24. The third-order valence-electron chi connectivity index (χ3n) is 1.45. The second-order valence-electron chi connectivity index (χ2n) is 2.98. The molecule has 5 nitrogen and oxygen atoms in total. The Morgan fingerprint density at radius 2 is 2.36 bits per heavy atom. The maximum atomic E-state index is 10.6. The minimum Gasteiger partial charge on any atom is -0.479 e. The molecular formula is C7H10N2O3S2. The van der Waals surface area contributed by atoms with Gasteiger partial charge in [-0.2, -0.15) is 4.37 Å². The van der Waals surface area contributed by atoms with Gasteiger partial charge in [0, 0.05) is 5.75 Å². The van der Waals surface area contributed by atoms with Crippen LogP contribution in [0.4, 0.5) is 0 Å². The predicted molar refractivity (Wildman–Crippen MR) is 53.6 cm³/mol. The first-order chi connectivity index (χ1) is 6.42. The summed E-state index contributed by atoms with van der Waals surface area (Å²) in [6, 6.07) is 0. The van der Waals surface area contributed by atoms with Crippen LogP contribution in [-0.2, 0) is 4.79 Å². The van der Waals surface area contributed by atoms with Crippen molar-refractivity contribution in [2.45, 2.75) is 23.8 Å². The lowest BCUT2D eigenvalue weighted by atomic mass is 10.1. The van der Waals surface area contributed by atoms with E-state index in [4.69, 9.17) is 5.11 Å². The van der Waals surface area contributed by atoms with E-state index >= 15 is 0 Å². The van der Waals surface area contributed by atoms with Crippen molar-refractivity contribution in [1.82, 2.24) is 9.36 Å². The van der Waals surface area contributed by atoms with E-state index in [9.17, 15) is 9.90 Å². The molecule has 1 unspecified atom stereocenters. The van der Waals surface area contributed by atoms with Gasteiger partial charge >= 0.3 is 5.97 Å². The smallest absolute Gasteiger partial charge is 0.336 e. The number of carboxylic acids is 1. The lowest BCUT2D eigenvalue weighted by molar-refractivity contribution is -0.154. The van der Waals surface area contributed by atoms with Crippen molar-refractivity contribution >= 4 is 29.3 Å². The van der Waals surface area contributed by atoms with Gasteiger partial charge in [-0.3, -0.25) is 0 Å². The molecule has 1 aromatic rings. The molecular weight excluding hydrogens is 224 g/mol. The van der Waals surface area contributed by atoms with E-state index in [1.165, 1.54) is 30.2 Å². The number of aliphatic hydroxyl groups is 1. The Labute approximate surface area is 89.3 Å². The Balaban J connectivity index is 2.52. The van der Waals surface area contributed by atoms with E-state index in [1.807, 2.05) is 0 Å². The van der Waals surface area contributed by atoms with Crippen LogP contribution in [0, 0.1) is 6.92 Å². The summed E-state index contributed by atoms with van der Waals surface area (Å²) in [4.78, 5) is 14.6. The molecule has 78 valence electrons. The summed E-state index contributed by atoms with van der Waals surface area (Å²) < 4.78 is 4.61. The average molecular weight is 234 g/mol. The first-order valence-corrected chi connectivity index (χ1v) is 5.56. The third kappa shape index (κ3) is 2.93. The minimum absolute atomic E-state index is 0.0664. The van der Waals surface area contributed by atoms with Crippen molar-refractivity contribution < 1.29 is 15.0 Å². The number of aliphatic carboxylic acids is 1. The zero-order chi connectivity index (χ0) is 10.8. The molecule has 0 bridgehead atoms. The van der Waals surface area contributed by atoms with Crippen LogP contribution in [0.3, 0.4) is 0 Å². The van der Waals surface area contributed by atoms with Crippen LogP contribution in [0.5, 0.6) is 0 Å². The molecule has 0 saturated heterocycles. The van der Waals surface area contributed by atoms with Gasteiger partial charge in [-0.15, -0.1) is 0 Å². The molecule has 0 aromatic carbocycles. The summed E-state index contributed by atoms with van der Waals surface area (Å²) in [5.74, 6) is -0.504. The molecule has 7 heteroatoms. The summed E-state index contributed by atoms with van der Waals surface area (Å²) in [5.41, 5.74) is -1.72. The molecule has 0 aliphatic carbocycles. The molecule has 0 aliphatic rings. The fourth-order valence-corrected chi connectivity index (χ4v) is 2.25. The van der Waals surface area contributed by atoms with Crippen LogP contribution in [0.25, 0.3) is 0 Å². The topological polar surface area (TPSA) is 83.3 Å². The van der Waals surface area contributed by atoms with E-state index in [0.717, 1.165) is 0 Å². The van der Waals surface area contributed by atoms with Crippen molar-refractivity contribution in [3.8, 4) is 0 Å². The van der Waals surface area contributed by atoms with Crippen molar-refractivity contribution in [2.24, 2.45) is 0 Å². The summed E-state index contributed by atoms with van der Waals surface area (Å²) in [7, 11) is 0. The standard InChI is InChI=1S/C7H10N2O3S2/c1-4-8-6(14-9-4)13-3-7(2,12)5(10)11/h12H,3H2,1-2H3,(H,10,11). The molecule has 1 rings (SSSR count). The SMILES string of the molecule is Cc1nsc(SCC(C)(O)C(=O)O)n1. The van der Waals surface area contributed by atoms with Gasteiger partial charge < -0.3 is 10.2 Å². The Morgan fingerprint density at radius 1 is 1.71 bits per heavy atom. The highest BCUT2D eigenvalue weighted by Crippen LogP contribution is 2.24. The van der Waals surface area contributed by atoms with Crippen LogP contribution < -0.4 is 0 Å². The molecule has 0 saturated carbocycles. The van der Waals surface area contributed by atoms with Crippen LogP contribution in [0.1, 0.15) is 12.7 Å². The first kappa shape index (κ1) is 11.4. The summed E-state index contributed by atoms with van der Waals surface area (Å²) in [6.45, 7) is 3.02. The van der Waals surface area contributed by atoms with Crippen molar-refractivity contribution in [2.75, 3.05) is 5.75 Å². The first-order valence-electron chi connectivity index (χ1n) is 3.81. The number of carbonyl (C=O) groups is 1. The predicted octanol–water partition coefficient (Wildman–Crippen LogP) is 0.774. The van der Waals surface area contributed by atoms with Crippen LogP contribution in [0.15, 0.2) is 4.34 Å². The second-order valence-corrected chi connectivity index (χ2v) is 4.95. The number of thioether (sulfide) groups is 1. The Bertz CT molecular complexity index is 337. The third-order valence-corrected chi connectivity index (χ3v) is 3.67. The maximum absolute atomic E-state index is 10.6. The summed E-state index contributed by atoms with van der Waals surface area (Å²) in [6.07, 6.45) is 0. The number of hydrogen-bond acceptors (Lipinski definition) is 6. The molecule has 0 fully saturated rings. The quantitative estimate of drug-likeness (QED) is 0.749. The highest BCUT2D eigenvalue weighted by atomic mass is 32.2. The normalized spacial score (nSPS) is 15.1. The molecule has 1 heterocycles. The molecule has 2 N–H and O–H groups in total. The van der Waals surface area contributed by atoms with Crippen molar-refractivity contribution in [1.29, 1.82) is 0 Å². The zero-order valence-corrected chi connectivity index (χ0v) is 9.35. The number of carboxylic acid groups (broad SMARTS) is 1. The number of nitrogens with zero attached hydrogens (tertiary/aromatic N) is 2. The molecule has 0 aliphatic heterocycles. The largest absolute Gasteiger partial charge is 0.479 e. The fraction of sp³-hybridized carbons (Fsp3) is 0.571. The van der Waals surface area contributed by atoms with Crippen LogP contribution in [0.2, 0.25) is 0 Å². The molecule has 14 heavy (non-hydrogen) atoms. The summed E-state index contributed by atoms with van der Waals surface area (Å²) >= 11 is 2.39. The minimum atomic E-state index is -1.72. The number of rotatable bonds is 4. The molecule has 1 aromatic heterocycles. The van der Waals surface area contributed by atoms with Gasteiger partial charge in [0.1, 0.15) is 5.82 Å². The Hall–Kier alpha value is -0.660. The van der Waals surface area contributed by atoms with Gasteiger partial charge in [-0.25, -0.2) is 9.78 Å². The van der Waals surface area contributed by atoms with E-state index in [0.29, 0.717) is 10.2 Å². The van der Waals surface area contributed by atoms with Crippen molar-refractivity contribution in [3.63, 3.8) is 0 Å². The van der Waals surface area contributed by atoms with E-state index in [2.05, 4.69) is 9.36 Å². The Morgan fingerprint density at radius 3 is 2.79 bits per heavy atom. The number of aromatic nitrogens is 2. The maximum Gasteiger partial charge on any atom is 0.336 e. The number of aryl methyl sites for hydroxylation is 1. The lowest BCUT2D eigenvalue weighted by Crippen LogP contribution is -2.37. The van der Waals surface area contributed by atoms with Crippen LogP contribution in [-0.4, -0.2) is 36.9 Å². The summed E-state index contributed by atoms with van der Waals surface area (Å²) in [5, 5.41) is 18.0. The molecule has 0 amide bonds. The van der Waals surface area contributed by atoms with E-state index < -0.39 is 11.6 Å². The van der Waals surface area contributed by atoms with Crippen molar-refractivity contribution in [3.05, 3.63) is 5.82 Å². The van der Waals surface area contributed by atoms with Gasteiger partial charge in [0.25, 0.3) is 0 Å². The van der Waals surface area contributed by atoms with E-state index in [1.54, 1.807) is 6.92 Å². The highest BCUT2D eigenvalue weighted by Gasteiger charge is 2.30. The zero-order valence-electron chi connectivity index (χ0n) is 7.72. The van der Waals surface area contributed by atoms with Gasteiger partial charge in [0.05, 0.1) is 0 Å². The lowest BCUT2D eigenvalue weighted by Gasteiger charge is -2.15.